The number of likely N-dealkylation sites (tertiary alicyclic amines) is 1. The van der Waals surface area contributed by atoms with Crippen molar-refractivity contribution in [1.82, 2.24) is 10.2 Å². The number of rotatable bonds is 4. The number of piperidine rings is 1. The Morgan fingerprint density at radius 1 is 1.33 bits per heavy atom. The lowest BCUT2D eigenvalue weighted by atomic mass is 9.96. The zero-order valence-electron chi connectivity index (χ0n) is 14.4. The van der Waals surface area contributed by atoms with Crippen LogP contribution in [-0.2, 0) is 4.79 Å². The summed E-state index contributed by atoms with van der Waals surface area (Å²) in [5.41, 5.74) is 6.17. The Hall–Kier alpha value is -1.87. The second-order valence-corrected chi connectivity index (χ2v) is 6.42. The van der Waals surface area contributed by atoms with Crippen molar-refractivity contribution < 1.29 is 27.5 Å². The van der Waals surface area contributed by atoms with Crippen LogP contribution in [0, 0.1) is 5.92 Å². The van der Waals surface area contributed by atoms with Crippen LogP contribution in [-0.4, -0.2) is 49.6 Å². The van der Waals surface area contributed by atoms with E-state index in [1.165, 1.54) is 19.2 Å². The number of carbonyl (C=O) groups is 2. The van der Waals surface area contributed by atoms with Crippen molar-refractivity contribution >= 4 is 41.5 Å². The molecular formula is C16H20Cl2F3N3O3. The molecule has 6 nitrogen and oxygen atoms in total. The number of alkyl halides is 3. The first kappa shape index (κ1) is 23.2. The second kappa shape index (κ2) is 9.36. The number of methoxy groups -OCH3 is 1. The maximum absolute atomic E-state index is 12.4. The zero-order valence-corrected chi connectivity index (χ0v) is 16.0. The Morgan fingerprint density at radius 3 is 2.44 bits per heavy atom. The van der Waals surface area contributed by atoms with Crippen LogP contribution in [0.2, 0.25) is 5.02 Å². The van der Waals surface area contributed by atoms with Gasteiger partial charge in [-0.3, -0.25) is 9.59 Å². The third-order valence-corrected chi connectivity index (χ3v) is 4.59. The highest BCUT2D eigenvalue weighted by atomic mass is 35.5. The van der Waals surface area contributed by atoms with E-state index in [-0.39, 0.29) is 60.0 Å². The van der Waals surface area contributed by atoms with Crippen LogP contribution in [0.5, 0.6) is 5.75 Å². The summed E-state index contributed by atoms with van der Waals surface area (Å²) in [5, 5.41) is 2.94. The Bertz CT molecular complexity index is 693. The molecule has 1 heterocycles. The number of amides is 2. The van der Waals surface area contributed by atoms with Gasteiger partial charge in [-0.2, -0.15) is 13.2 Å². The number of halogens is 5. The third kappa shape index (κ3) is 5.80. The average Bonchev–Trinajstić information content (AvgIpc) is 2.60. The van der Waals surface area contributed by atoms with Crippen LogP contribution in [0.4, 0.5) is 18.9 Å². The highest BCUT2D eigenvalue weighted by Crippen LogP contribution is 2.29. The zero-order chi connectivity index (χ0) is 19.5. The molecule has 11 heteroatoms. The molecule has 1 fully saturated rings. The number of anilines is 1. The molecule has 0 unspecified atom stereocenters. The van der Waals surface area contributed by atoms with E-state index in [0.717, 1.165) is 4.90 Å². The number of hydrogen-bond donors (Lipinski definition) is 2. The minimum Gasteiger partial charge on any atom is -0.496 e. The summed E-state index contributed by atoms with van der Waals surface area (Å²) in [5.74, 6) is -1.99. The predicted molar refractivity (Wildman–Crippen MR) is 97.4 cm³/mol. The third-order valence-electron chi connectivity index (χ3n) is 4.26. The molecule has 0 radical (unpaired) electrons. The minimum atomic E-state index is -4.86. The van der Waals surface area contributed by atoms with E-state index < -0.39 is 18.0 Å². The maximum Gasteiger partial charge on any atom is 0.471 e. The van der Waals surface area contributed by atoms with Gasteiger partial charge in [0.15, 0.2) is 0 Å². The molecule has 2 rings (SSSR count). The van der Waals surface area contributed by atoms with Gasteiger partial charge in [0.2, 0.25) is 0 Å². The summed E-state index contributed by atoms with van der Waals surface area (Å²) in [6, 6.07) is 2.84. The van der Waals surface area contributed by atoms with Gasteiger partial charge in [-0.25, -0.2) is 0 Å². The predicted octanol–water partition coefficient (Wildman–Crippen LogP) is 2.88. The highest BCUT2D eigenvalue weighted by Gasteiger charge is 2.43. The summed E-state index contributed by atoms with van der Waals surface area (Å²) < 4.78 is 42.4. The number of nitrogens with zero attached hydrogens (tertiary/aromatic N) is 1. The number of ether oxygens (including phenoxy) is 1. The van der Waals surface area contributed by atoms with Gasteiger partial charge in [-0.05, 0) is 24.8 Å². The average molecular weight is 430 g/mol. The maximum atomic E-state index is 12.4. The summed E-state index contributed by atoms with van der Waals surface area (Å²) in [6.45, 7) is 0.295. The molecular weight excluding hydrogens is 410 g/mol. The molecule has 152 valence electrons. The standard InChI is InChI=1S/C16H19ClF3N3O3.ClH/c1-26-13-7-12(21)11(17)6-10(13)14(24)22-8-9-2-4-23(5-3-9)15(25)16(18,19)20;/h6-7,9H,2-5,8,21H2,1H3,(H,22,24);1H. The molecule has 1 aromatic carbocycles. The van der Waals surface area contributed by atoms with E-state index in [1.54, 1.807) is 0 Å². The summed E-state index contributed by atoms with van der Waals surface area (Å²) in [4.78, 5) is 24.3. The summed E-state index contributed by atoms with van der Waals surface area (Å²) >= 11 is 5.93. The Balaban J connectivity index is 0.00000364. The van der Waals surface area contributed by atoms with E-state index >= 15 is 0 Å². The van der Waals surface area contributed by atoms with E-state index in [9.17, 15) is 22.8 Å². The largest absolute Gasteiger partial charge is 0.496 e. The summed E-state index contributed by atoms with van der Waals surface area (Å²) in [6.07, 6.45) is -4.10. The van der Waals surface area contributed by atoms with Gasteiger partial charge in [0, 0.05) is 25.7 Å². The molecule has 0 aliphatic carbocycles. The van der Waals surface area contributed by atoms with Gasteiger partial charge in [-0.1, -0.05) is 11.6 Å². The first-order valence-electron chi connectivity index (χ1n) is 7.90. The molecule has 0 bridgehead atoms. The fraction of sp³-hybridized carbons (Fsp3) is 0.500. The Kier molecular flexibility index (Phi) is 8.04. The molecule has 0 saturated carbocycles. The molecule has 0 aromatic heterocycles. The first-order chi connectivity index (χ1) is 12.1. The van der Waals surface area contributed by atoms with Crippen molar-refractivity contribution in [3.05, 3.63) is 22.7 Å². The van der Waals surface area contributed by atoms with Gasteiger partial charge < -0.3 is 20.7 Å². The fourth-order valence-electron chi connectivity index (χ4n) is 2.77. The normalized spacial score (nSPS) is 15.1. The SMILES string of the molecule is COc1cc(N)c(Cl)cc1C(=O)NCC1CCN(C(=O)C(F)(F)F)CC1.Cl. The van der Waals surface area contributed by atoms with E-state index in [2.05, 4.69) is 5.32 Å². The second-order valence-electron chi connectivity index (χ2n) is 6.02. The minimum absolute atomic E-state index is 0. The fourth-order valence-corrected chi connectivity index (χ4v) is 2.93. The van der Waals surface area contributed by atoms with Crippen molar-refractivity contribution in [2.24, 2.45) is 5.92 Å². The van der Waals surface area contributed by atoms with E-state index in [0.29, 0.717) is 12.8 Å². The van der Waals surface area contributed by atoms with Crippen LogP contribution in [0.15, 0.2) is 12.1 Å². The number of hydrogen-bond acceptors (Lipinski definition) is 4. The molecule has 1 saturated heterocycles. The number of carbonyl (C=O) groups excluding carboxylic acids is 2. The molecule has 0 atom stereocenters. The first-order valence-corrected chi connectivity index (χ1v) is 8.28. The Labute approximate surface area is 165 Å². The monoisotopic (exact) mass is 429 g/mol. The van der Waals surface area contributed by atoms with E-state index in [4.69, 9.17) is 22.1 Å². The molecule has 1 aromatic rings. The van der Waals surface area contributed by atoms with Crippen molar-refractivity contribution in [3.63, 3.8) is 0 Å². The molecule has 1 aliphatic heterocycles. The lowest BCUT2D eigenvalue weighted by molar-refractivity contribution is -0.186. The topological polar surface area (TPSA) is 84.7 Å². The van der Waals surface area contributed by atoms with Crippen LogP contribution in [0.3, 0.4) is 0 Å². The van der Waals surface area contributed by atoms with Crippen molar-refractivity contribution in [3.8, 4) is 5.75 Å². The number of nitrogens with one attached hydrogen (secondary N) is 1. The van der Waals surface area contributed by atoms with Crippen LogP contribution in [0.1, 0.15) is 23.2 Å². The number of nitrogen functional groups attached to an aromatic ring is 1. The highest BCUT2D eigenvalue weighted by molar-refractivity contribution is 6.33. The van der Waals surface area contributed by atoms with Crippen LogP contribution >= 0.6 is 24.0 Å². The molecule has 1 aliphatic rings. The number of benzene rings is 1. The van der Waals surface area contributed by atoms with Crippen molar-refractivity contribution in [1.29, 1.82) is 0 Å². The molecule has 2 amide bonds. The van der Waals surface area contributed by atoms with Gasteiger partial charge in [0.1, 0.15) is 5.75 Å². The quantitative estimate of drug-likeness (QED) is 0.720. The Morgan fingerprint density at radius 2 is 1.93 bits per heavy atom. The lowest BCUT2D eigenvalue weighted by Crippen LogP contribution is -2.46. The van der Waals surface area contributed by atoms with Crippen LogP contribution in [0.25, 0.3) is 0 Å². The molecule has 27 heavy (non-hydrogen) atoms. The lowest BCUT2D eigenvalue weighted by Gasteiger charge is -2.32. The van der Waals surface area contributed by atoms with Gasteiger partial charge >= 0.3 is 12.1 Å². The van der Waals surface area contributed by atoms with Crippen molar-refractivity contribution in [2.75, 3.05) is 32.5 Å². The summed E-state index contributed by atoms with van der Waals surface area (Å²) in [7, 11) is 1.40. The van der Waals surface area contributed by atoms with Gasteiger partial charge in [0.25, 0.3) is 5.91 Å². The molecule has 0 spiro atoms. The number of nitrogens with two attached hydrogens (primary N) is 1. The van der Waals surface area contributed by atoms with Crippen LogP contribution < -0.4 is 15.8 Å². The van der Waals surface area contributed by atoms with E-state index in [1.807, 2.05) is 0 Å². The van der Waals surface area contributed by atoms with Gasteiger partial charge in [0.05, 0.1) is 23.4 Å². The molecule has 3 N–H and O–H groups in total. The van der Waals surface area contributed by atoms with Crippen molar-refractivity contribution in [2.45, 2.75) is 19.0 Å². The van der Waals surface area contributed by atoms with Gasteiger partial charge in [-0.15, -0.1) is 12.4 Å². The smallest absolute Gasteiger partial charge is 0.471 e.